The van der Waals surface area contributed by atoms with Crippen molar-refractivity contribution >= 4 is 58.4 Å². The second kappa shape index (κ2) is 12.7. The van der Waals surface area contributed by atoms with Crippen LogP contribution in [-0.4, -0.2) is 49.1 Å². The van der Waals surface area contributed by atoms with E-state index < -0.39 is 23.4 Å². The van der Waals surface area contributed by atoms with Crippen molar-refractivity contribution < 1.29 is 28.4 Å². The molecule has 176 valence electrons. The van der Waals surface area contributed by atoms with Crippen molar-refractivity contribution in [3.05, 3.63) is 42.5 Å². The third-order valence-electron chi connectivity index (χ3n) is 4.09. The average molecular weight is 493 g/mol. The first-order valence-electron chi connectivity index (χ1n) is 9.59. The zero-order chi connectivity index (χ0) is 24.4. The van der Waals surface area contributed by atoms with Gasteiger partial charge in [-0.05, 0) is 30.5 Å². The molecule has 2 aromatic carbocycles. The van der Waals surface area contributed by atoms with Gasteiger partial charge in [-0.2, -0.15) is 0 Å². The predicted molar refractivity (Wildman–Crippen MR) is 127 cm³/mol. The average Bonchev–Trinajstić information content (AvgIpc) is 2.84. The summed E-state index contributed by atoms with van der Waals surface area (Å²) in [5.41, 5.74) is 0.562. The maximum absolute atomic E-state index is 13.1. The smallest absolute Gasteiger partial charge is 0.436 e. The van der Waals surface area contributed by atoms with Gasteiger partial charge in [-0.1, -0.05) is 13.0 Å². The van der Waals surface area contributed by atoms with Crippen LogP contribution in [0.25, 0.3) is 0 Å². The molecular weight excluding hydrogens is 468 g/mol. The minimum atomic E-state index is -1.51. The third kappa shape index (κ3) is 7.70. The van der Waals surface area contributed by atoms with Gasteiger partial charge in [-0.15, -0.1) is 16.8 Å². The van der Waals surface area contributed by atoms with Gasteiger partial charge in [0.05, 0.1) is 25.6 Å². The lowest BCUT2D eigenvalue weighted by molar-refractivity contribution is -0.115. The van der Waals surface area contributed by atoms with Gasteiger partial charge in [0.15, 0.2) is 9.79 Å². The van der Waals surface area contributed by atoms with Crippen LogP contribution in [0.2, 0.25) is 0 Å². The van der Waals surface area contributed by atoms with Crippen LogP contribution in [0, 0.1) is 0 Å². The molecule has 3 N–H and O–H groups in total. The number of rotatable bonds is 6. The van der Waals surface area contributed by atoms with Gasteiger partial charge in [0.1, 0.15) is 0 Å². The number of aliphatic imine (C=N–C) groups is 1. The van der Waals surface area contributed by atoms with Crippen LogP contribution in [0.15, 0.2) is 62.1 Å². The molecule has 2 aromatic rings. The molecule has 1 atom stereocenters. The first-order chi connectivity index (χ1) is 15.8. The number of thioether (sulfide) groups is 1. The Kier molecular flexibility index (Phi) is 10.0. The maximum Gasteiger partial charge on any atom is 0.436 e. The van der Waals surface area contributed by atoms with Crippen LogP contribution < -0.4 is 16.0 Å². The first-order valence-corrected chi connectivity index (χ1v) is 12.0. The molecule has 1 unspecified atom stereocenters. The summed E-state index contributed by atoms with van der Waals surface area (Å²) in [7, 11) is 2.28. The quantitative estimate of drug-likeness (QED) is 0.239. The van der Waals surface area contributed by atoms with Crippen molar-refractivity contribution in [2.45, 2.75) is 28.0 Å². The van der Waals surface area contributed by atoms with Crippen LogP contribution in [0.5, 0.6) is 0 Å². The lowest BCUT2D eigenvalue weighted by atomic mass is 10.2. The van der Waals surface area contributed by atoms with E-state index >= 15 is 0 Å². The van der Waals surface area contributed by atoms with Gasteiger partial charge in [0.2, 0.25) is 11.9 Å². The van der Waals surface area contributed by atoms with E-state index in [0.717, 1.165) is 19.1 Å². The number of benzene rings is 2. The van der Waals surface area contributed by atoms with Crippen molar-refractivity contribution in [3.63, 3.8) is 0 Å². The van der Waals surface area contributed by atoms with Crippen LogP contribution in [0.1, 0.15) is 13.3 Å². The molecule has 0 aromatic heterocycles. The second-order valence-corrected chi connectivity index (χ2v) is 8.59. The Balaban J connectivity index is 2.44. The monoisotopic (exact) mass is 492 g/mol. The number of methoxy groups -OCH3 is 2. The summed E-state index contributed by atoms with van der Waals surface area (Å²) >= 11 is 0.0212. The molecule has 33 heavy (non-hydrogen) atoms. The van der Waals surface area contributed by atoms with Crippen molar-refractivity contribution in [2.24, 2.45) is 4.99 Å². The molecule has 0 aliphatic heterocycles. The van der Waals surface area contributed by atoms with E-state index in [1.165, 1.54) is 11.8 Å². The standard InChI is InChI=1S/C21H24N4O6S2/c1-5-18(26)22-17-12-15(33(29)14-8-6-7-13(11-14)32-4)9-10-16(17)23-19(24-20(27)30-2)25-21(28)31-3/h6-12H,5H2,1-4H3,(H,22,26)(H2,23,24,25,27,28). The molecule has 3 amide bonds. The van der Waals surface area contributed by atoms with E-state index in [2.05, 4.69) is 30.4 Å². The van der Waals surface area contributed by atoms with Crippen LogP contribution in [0.3, 0.4) is 0 Å². The van der Waals surface area contributed by atoms with Crippen LogP contribution >= 0.6 is 11.8 Å². The lowest BCUT2D eigenvalue weighted by Gasteiger charge is -2.17. The molecule has 0 saturated carbocycles. The molecule has 0 fully saturated rings. The normalized spacial score (nSPS) is 11.8. The maximum atomic E-state index is 13.1. The van der Waals surface area contributed by atoms with Crippen molar-refractivity contribution in [2.75, 3.05) is 31.1 Å². The first kappa shape index (κ1) is 26.0. The molecule has 2 rings (SSSR count). The van der Waals surface area contributed by atoms with Gasteiger partial charge < -0.3 is 24.7 Å². The number of hydrogen-bond acceptors (Lipinski definition) is 7. The number of carbonyl (C=O) groups is 3. The molecule has 0 spiro atoms. The topological polar surface area (TPSA) is 141 Å². The molecule has 0 radical (unpaired) electrons. The summed E-state index contributed by atoms with van der Waals surface area (Å²) in [5.74, 6) is -0.583. The van der Waals surface area contributed by atoms with Crippen LogP contribution in [0.4, 0.5) is 21.0 Å². The fourth-order valence-corrected chi connectivity index (χ4v) is 4.10. The van der Waals surface area contributed by atoms with E-state index in [9.17, 15) is 18.9 Å². The molecule has 0 bridgehead atoms. The minimum Gasteiger partial charge on any atom is -0.606 e. The highest BCUT2D eigenvalue weighted by Gasteiger charge is 2.20. The van der Waals surface area contributed by atoms with E-state index in [-0.39, 0.29) is 29.7 Å². The fourth-order valence-electron chi connectivity index (χ4n) is 2.44. The summed E-state index contributed by atoms with van der Waals surface area (Å²) in [5, 5.41) is 7.72. The predicted octanol–water partition coefficient (Wildman–Crippen LogP) is 3.81. The fraction of sp³-hybridized carbons (Fsp3) is 0.238. The number of ether oxygens (including phenoxy) is 2. The zero-order valence-corrected chi connectivity index (χ0v) is 20.1. The van der Waals surface area contributed by atoms with Crippen molar-refractivity contribution in [3.8, 4) is 0 Å². The number of alkyl carbamates (subject to hydrolysis) is 1. The molecule has 0 saturated heterocycles. The number of carbonyl (C=O) groups excluding carboxylic acids is 3. The third-order valence-corrected chi connectivity index (χ3v) is 6.18. The number of amides is 3. The summed E-state index contributed by atoms with van der Waals surface area (Å²) in [6.45, 7) is 1.68. The van der Waals surface area contributed by atoms with Gasteiger partial charge in [0.25, 0.3) is 0 Å². The number of nitrogens with one attached hydrogen (secondary N) is 3. The Morgan fingerprint density at radius 3 is 2.39 bits per heavy atom. The Labute approximate surface area is 198 Å². The van der Waals surface area contributed by atoms with Crippen LogP contribution in [-0.2, 0) is 25.4 Å². The molecule has 0 aliphatic carbocycles. The highest BCUT2D eigenvalue weighted by Crippen LogP contribution is 2.30. The summed E-state index contributed by atoms with van der Waals surface area (Å²) in [4.78, 5) is 40.9. The van der Waals surface area contributed by atoms with Gasteiger partial charge >= 0.3 is 12.2 Å². The zero-order valence-electron chi connectivity index (χ0n) is 18.5. The Morgan fingerprint density at radius 1 is 1.03 bits per heavy atom. The molecular formula is C21H24N4O6S2. The second-order valence-electron chi connectivity index (χ2n) is 6.23. The van der Waals surface area contributed by atoms with E-state index in [1.54, 1.807) is 31.2 Å². The van der Waals surface area contributed by atoms with Gasteiger partial charge in [-0.25, -0.2) is 9.59 Å². The van der Waals surface area contributed by atoms with Gasteiger partial charge in [-0.3, -0.25) is 10.1 Å². The number of guanidine groups is 1. The Morgan fingerprint density at radius 2 is 1.76 bits per heavy atom. The van der Waals surface area contributed by atoms with Crippen molar-refractivity contribution in [1.82, 2.24) is 5.32 Å². The minimum absolute atomic E-state index is 0.200. The highest BCUT2D eigenvalue weighted by atomic mass is 32.2. The lowest BCUT2D eigenvalue weighted by Crippen LogP contribution is -2.36. The molecule has 12 heteroatoms. The Hall–Kier alpha value is -3.22. The molecule has 0 aliphatic rings. The summed E-state index contributed by atoms with van der Waals surface area (Å²) < 4.78 is 22.2. The van der Waals surface area contributed by atoms with Gasteiger partial charge in [0, 0.05) is 34.6 Å². The van der Waals surface area contributed by atoms with E-state index in [1.807, 2.05) is 24.5 Å². The summed E-state index contributed by atoms with van der Waals surface area (Å²) in [6.07, 6.45) is 0.276. The Bertz CT molecular complexity index is 1050. The largest absolute Gasteiger partial charge is 0.606 e. The highest BCUT2D eigenvalue weighted by molar-refractivity contribution is 7.98. The molecule has 10 nitrogen and oxygen atoms in total. The van der Waals surface area contributed by atoms with E-state index in [0.29, 0.717) is 9.79 Å². The number of hydrogen-bond donors (Lipinski definition) is 3. The SMILES string of the molecule is CCC(=O)Nc1cc([S+]([O-])c2cccc(SC)c2)ccc1NC(=NC(=O)OC)NC(=O)OC. The van der Waals surface area contributed by atoms with Crippen molar-refractivity contribution in [1.29, 1.82) is 0 Å². The molecule has 0 heterocycles. The number of anilines is 2. The van der Waals surface area contributed by atoms with E-state index in [4.69, 9.17) is 0 Å². The summed E-state index contributed by atoms with van der Waals surface area (Å²) in [6, 6.07) is 12.0. The number of nitrogens with zero attached hydrogens (tertiary/aromatic N) is 1.